The zero-order valence-corrected chi connectivity index (χ0v) is 15.6. The molecule has 0 saturated carbocycles. The fourth-order valence-corrected chi connectivity index (χ4v) is 3.96. The van der Waals surface area contributed by atoms with E-state index < -0.39 is 6.29 Å². The van der Waals surface area contributed by atoms with Crippen LogP contribution in [0.4, 0.5) is 8.78 Å². The molecular formula is C21H17F2N3O3. The van der Waals surface area contributed by atoms with Crippen molar-refractivity contribution in [3.63, 3.8) is 0 Å². The van der Waals surface area contributed by atoms with Gasteiger partial charge in [-0.2, -0.15) is 5.10 Å². The maximum Gasteiger partial charge on any atom is 0.586 e. The molecule has 29 heavy (non-hydrogen) atoms. The number of carbonyl (C=O) groups excluding carboxylic acids is 1. The molecule has 0 spiro atoms. The van der Waals surface area contributed by atoms with Crippen LogP contribution in [0.3, 0.4) is 0 Å². The third kappa shape index (κ3) is 2.91. The van der Waals surface area contributed by atoms with Gasteiger partial charge < -0.3 is 14.4 Å². The van der Waals surface area contributed by atoms with Crippen molar-refractivity contribution in [2.24, 2.45) is 7.05 Å². The van der Waals surface area contributed by atoms with E-state index in [0.717, 1.165) is 22.5 Å². The molecule has 0 atom stereocenters. The first-order chi connectivity index (χ1) is 13.9. The minimum absolute atomic E-state index is 0.0577. The molecule has 0 fully saturated rings. The Bertz CT molecular complexity index is 1110. The van der Waals surface area contributed by atoms with Crippen molar-refractivity contribution in [1.82, 2.24) is 14.7 Å². The summed E-state index contributed by atoms with van der Waals surface area (Å²) in [5, 5.41) is 4.60. The molecule has 6 nitrogen and oxygen atoms in total. The summed E-state index contributed by atoms with van der Waals surface area (Å²) in [6, 6.07) is 14.3. The molecule has 2 aliphatic heterocycles. The first-order valence-electron chi connectivity index (χ1n) is 9.21. The number of rotatable bonds is 2. The van der Waals surface area contributed by atoms with Crippen LogP contribution in [0.2, 0.25) is 0 Å². The summed E-state index contributed by atoms with van der Waals surface area (Å²) >= 11 is 0. The van der Waals surface area contributed by atoms with Crippen LogP contribution in [0.15, 0.2) is 48.5 Å². The van der Waals surface area contributed by atoms with Crippen molar-refractivity contribution in [2.45, 2.75) is 19.3 Å². The number of halogens is 2. The first kappa shape index (κ1) is 17.7. The second kappa shape index (κ2) is 6.30. The van der Waals surface area contributed by atoms with Crippen molar-refractivity contribution in [3.8, 4) is 22.8 Å². The largest absolute Gasteiger partial charge is 0.586 e. The highest BCUT2D eigenvalue weighted by Gasteiger charge is 2.45. The number of aromatic nitrogens is 2. The number of alkyl halides is 2. The van der Waals surface area contributed by atoms with E-state index in [4.69, 9.17) is 0 Å². The Morgan fingerprint density at radius 3 is 2.69 bits per heavy atom. The molecule has 0 saturated heterocycles. The molecule has 0 aliphatic carbocycles. The minimum atomic E-state index is -3.76. The monoisotopic (exact) mass is 397 g/mol. The van der Waals surface area contributed by atoms with Gasteiger partial charge in [-0.3, -0.25) is 9.48 Å². The lowest BCUT2D eigenvalue weighted by atomic mass is 9.99. The molecule has 1 amide bonds. The van der Waals surface area contributed by atoms with Crippen LogP contribution in [-0.4, -0.2) is 33.4 Å². The quantitative estimate of drug-likeness (QED) is 0.663. The topological polar surface area (TPSA) is 56.6 Å². The van der Waals surface area contributed by atoms with Crippen molar-refractivity contribution in [1.29, 1.82) is 0 Å². The predicted molar refractivity (Wildman–Crippen MR) is 99.7 cm³/mol. The normalized spacial score (nSPS) is 16.6. The predicted octanol–water partition coefficient (Wildman–Crippen LogP) is 3.61. The Kier molecular flexibility index (Phi) is 3.84. The summed E-state index contributed by atoms with van der Waals surface area (Å²) in [5.41, 5.74) is 4.07. The van der Waals surface area contributed by atoms with Crippen LogP contribution in [0, 0.1) is 0 Å². The van der Waals surface area contributed by atoms with Gasteiger partial charge in [0.2, 0.25) is 0 Å². The molecule has 3 heterocycles. The number of fused-ring (bicyclic) bond motifs is 2. The van der Waals surface area contributed by atoms with Gasteiger partial charge in [0.15, 0.2) is 11.5 Å². The molecule has 148 valence electrons. The van der Waals surface area contributed by atoms with Gasteiger partial charge in [-0.1, -0.05) is 36.4 Å². The number of amides is 1. The van der Waals surface area contributed by atoms with Gasteiger partial charge in [-0.25, -0.2) is 0 Å². The van der Waals surface area contributed by atoms with E-state index >= 15 is 0 Å². The van der Waals surface area contributed by atoms with Crippen LogP contribution >= 0.6 is 0 Å². The van der Waals surface area contributed by atoms with E-state index in [2.05, 4.69) is 14.6 Å². The Morgan fingerprint density at radius 2 is 1.90 bits per heavy atom. The first-order valence-corrected chi connectivity index (χ1v) is 9.21. The van der Waals surface area contributed by atoms with Gasteiger partial charge in [0.1, 0.15) is 0 Å². The molecule has 8 heteroatoms. The molecule has 3 aromatic rings. The van der Waals surface area contributed by atoms with Gasteiger partial charge in [-0.15, -0.1) is 8.78 Å². The highest BCUT2D eigenvalue weighted by atomic mass is 19.3. The van der Waals surface area contributed by atoms with Gasteiger partial charge >= 0.3 is 6.29 Å². The Morgan fingerprint density at radius 1 is 1.10 bits per heavy atom. The molecule has 2 aliphatic rings. The molecule has 0 N–H and O–H groups in total. The van der Waals surface area contributed by atoms with Crippen LogP contribution in [0.25, 0.3) is 11.3 Å². The summed E-state index contributed by atoms with van der Waals surface area (Å²) in [6.07, 6.45) is -3.14. The number of ether oxygens (including phenoxy) is 2. The van der Waals surface area contributed by atoms with Gasteiger partial charge in [0, 0.05) is 24.7 Å². The zero-order valence-electron chi connectivity index (χ0n) is 15.6. The van der Waals surface area contributed by atoms with E-state index in [1.807, 2.05) is 42.1 Å². The Hall–Kier alpha value is -3.42. The molecule has 1 aromatic heterocycles. The Balaban J connectivity index is 1.45. The van der Waals surface area contributed by atoms with E-state index in [1.165, 1.54) is 18.2 Å². The lowest BCUT2D eigenvalue weighted by Gasteiger charge is -2.27. The number of benzene rings is 2. The Labute approximate surface area is 165 Å². The van der Waals surface area contributed by atoms with Crippen molar-refractivity contribution >= 4 is 5.91 Å². The third-order valence-electron chi connectivity index (χ3n) is 5.19. The average molecular weight is 397 g/mol. The fraction of sp³-hybridized carbons (Fsp3) is 0.238. The molecule has 5 rings (SSSR count). The van der Waals surface area contributed by atoms with Crippen molar-refractivity contribution < 1.29 is 23.0 Å². The van der Waals surface area contributed by atoms with Crippen LogP contribution in [-0.2, 0) is 20.0 Å². The summed E-state index contributed by atoms with van der Waals surface area (Å²) in [7, 11) is 1.88. The lowest BCUT2D eigenvalue weighted by molar-refractivity contribution is -0.286. The molecule has 0 unspecified atom stereocenters. The van der Waals surface area contributed by atoms with Gasteiger partial charge in [0.25, 0.3) is 5.91 Å². The number of hydrogen-bond donors (Lipinski definition) is 0. The molecular weight excluding hydrogens is 380 g/mol. The summed E-state index contributed by atoms with van der Waals surface area (Å²) < 4.78 is 37.7. The van der Waals surface area contributed by atoms with Crippen LogP contribution in [0.1, 0.15) is 21.6 Å². The highest BCUT2D eigenvalue weighted by molar-refractivity contribution is 5.98. The SMILES string of the molecule is Cn1nc2c(c1-c1ccccc1)CCN(C(=O)c1cccc3c1OC(F)(F)O3)C2. The zero-order chi connectivity index (χ0) is 20.2. The van der Waals surface area contributed by atoms with Gasteiger partial charge in [0.05, 0.1) is 23.5 Å². The number of nitrogens with zero attached hydrogens (tertiary/aromatic N) is 3. The second-order valence-electron chi connectivity index (χ2n) is 7.04. The maximum absolute atomic E-state index is 13.4. The molecule has 0 bridgehead atoms. The number of aryl methyl sites for hydroxylation is 1. The second-order valence-corrected chi connectivity index (χ2v) is 7.04. The van der Waals surface area contributed by atoms with Crippen molar-refractivity contribution in [2.75, 3.05) is 6.54 Å². The van der Waals surface area contributed by atoms with E-state index in [1.54, 1.807) is 4.90 Å². The van der Waals surface area contributed by atoms with Crippen molar-refractivity contribution in [3.05, 3.63) is 65.4 Å². The van der Waals surface area contributed by atoms with Crippen LogP contribution in [0.5, 0.6) is 11.5 Å². The average Bonchev–Trinajstić information content (AvgIpc) is 3.21. The van der Waals surface area contributed by atoms with E-state index in [0.29, 0.717) is 19.5 Å². The van der Waals surface area contributed by atoms with Gasteiger partial charge in [-0.05, 0) is 18.6 Å². The number of para-hydroxylation sites is 1. The standard InChI is InChI=1S/C21H17F2N3O3/c1-25-18(13-6-3-2-4-7-13)14-10-11-26(12-16(14)24-25)20(27)15-8-5-9-17-19(15)29-21(22,23)28-17/h2-9H,10-12H2,1H3. The lowest BCUT2D eigenvalue weighted by Crippen LogP contribution is -2.36. The van der Waals surface area contributed by atoms with Crippen LogP contribution < -0.4 is 9.47 Å². The number of hydrogen-bond acceptors (Lipinski definition) is 4. The molecule has 0 radical (unpaired) electrons. The highest BCUT2D eigenvalue weighted by Crippen LogP contribution is 2.43. The fourth-order valence-electron chi connectivity index (χ4n) is 3.96. The van der Waals surface area contributed by atoms with E-state index in [9.17, 15) is 13.6 Å². The van der Waals surface area contributed by atoms with E-state index in [-0.39, 0.29) is 23.0 Å². The number of carbonyl (C=O) groups is 1. The molecule has 2 aromatic carbocycles. The summed E-state index contributed by atoms with van der Waals surface area (Å²) in [5.74, 6) is -0.747. The minimum Gasteiger partial charge on any atom is -0.395 e. The third-order valence-corrected chi connectivity index (χ3v) is 5.19. The summed E-state index contributed by atoms with van der Waals surface area (Å²) in [6.45, 7) is 0.758. The smallest absolute Gasteiger partial charge is 0.395 e. The maximum atomic E-state index is 13.4. The summed E-state index contributed by atoms with van der Waals surface area (Å²) in [4.78, 5) is 14.6.